The molecule has 8 heteroatoms. The van der Waals surface area contributed by atoms with E-state index in [-0.39, 0.29) is 23.6 Å². The van der Waals surface area contributed by atoms with Crippen LogP contribution in [0.5, 0.6) is 0 Å². The van der Waals surface area contributed by atoms with Gasteiger partial charge in [0.15, 0.2) is 0 Å². The molecule has 28 heavy (non-hydrogen) atoms. The predicted molar refractivity (Wildman–Crippen MR) is 107 cm³/mol. The zero-order valence-corrected chi connectivity index (χ0v) is 16.9. The van der Waals surface area contributed by atoms with Gasteiger partial charge in [-0.1, -0.05) is 23.5 Å². The maximum Gasteiger partial charge on any atom is 0.236 e. The van der Waals surface area contributed by atoms with Gasteiger partial charge >= 0.3 is 0 Å². The number of amides is 1. The van der Waals surface area contributed by atoms with E-state index in [4.69, 9.17) is 0 Å². The van der Waals surface area contributed by atoms with Gasteiger partial charge in [0, 0.05) is 56.5 Å². The molecule has 2 aromatic rings. The van der Waals surface area contributed by atoms with Gasteiger partial charge in [0.05, 0.1) is 12.2 Å². The third-order valence-electron chi connectivity index (χ3n) is 6.00. The average molecular weight is 404 g/mol. The number of halogens is 1. The molecule has 2 atom stereocenters. The van der Waals surface area contributed by atoms with Crippen LogP contribution in [0.2, 0.25) is 0 Å². The molecule has 4 rings (SSSR count). The molecule has 3 heterocycles. The number of hydrogen-bond acceptors (Lipinski definition) is 6. The number of rotatable bonds is 5. The SMILES string of the molecule is CCN1CCN(CC(=O)N2C[C@@H](c3ccc(F)cc3)[C@H](c3csnn3)C2)CC1. The van der Waals surface area contributed by atoms with Crippen molar-refractivity contribution in [1.82, 2.24) is 24.3 Å². The quantitative estimate of drug-likeness (QED) is 0.765. The topological polar surface area (TPSA) is 52.6 Å². The monoisotopic (exact) mass is 403 g/mol. The molecule has 2 fully saturated rings. The third kappa shape index (κ3) is 4.24. The first-order valence-electron chi connectivity index (χ1n) is 9.89. The fourth-order valence-corrected chi connectivity index (χ4v) is 4.76. The summed E-state index contributed by atoms with van der Waals surface area (Å²) < 4.78 is 17.4. The van der Waals surface area contributed by atoms with Crippen molar-refractivity contribution >= 4 is 17.4 Å². The fourth-order valence-electron chi connectivity index (χ4n) is 4.24. The standard InChI is InChI=1S/C20H26FN5OS/c1-2-24-7-9-25(10-8-24)13-20(27)26-11-17(15-3-5-16(21)6-4-15)18(12-26)19-14-28-23-22-19/h3-6,14,17-18H,2,7-13H2,1H3/t17-,18+/m0/s1. The Labute approximate surface area is 169 Å². The first-order chi connectivity index (χ1) is 13.6. The molecule has 0 radical (unpaired) electrons. The Kier molecular flexibility index (Phi) is 5.99. The lowest BCUT2D eigenvalue weighted by atomic mass is 9.87. The van der Waals surface area contributed by atoms with Crippen LogP contribution >= 0.6 is 11.5 Å². The maximum atomic E-state index is 13.4. The van der Waals surface area contributed by atoms with Crippen LogP contribution in [0.4, 0.5) is 4.39 Å². The fraction of sp³-hybridized carbons (Fsp3) is 0.550. The molecule has 1 amide bonds. The highest BCUT2D eigenvalue weighted by Crippen LogP contribution is 2.39. The molecule has 0 unspecified atom stereocenters. The van der Waals surface area contributed by atoms with Crippen molar-refractivity contribution in [2.24, 2.45) is 0 Å². The number of likely N-dealkylation sites (tertiary alicyclic amines) is 1. The Morgan fingerprint density at radius 1 is 1.11 bits per heavy atom. The van der Waals surface area contributed by atoms with Crippen LogP contribution in [0.3, 0.4) is 0 Å². The summed E-state index contributed by atoms with van der Waals surface area (Å²) in [6.45, 7) is 8.91. The number of benzene rings is 1. The summed E-state index contributed by atoms with van der Waals surface area (Å²) in [6.07, 6.45) is 0. The molecule has 0 N–H and O–H groups in total. The van der Waals surface area contributed by atoms with Crippen molar-refractivity contribution in [2.45, 2.75) is 18.8 Å². The average Bonchev–Trinajstić information content (AvgIpc) is 3.39. The van der Waals surface area contributed by atoms with Crippen molar-refractivity contribution < 1.29 is 9.18 Å². The van der Waals surface area contributed by atoms with Gasteiger partial charge in [-0.2, -0.15) is 0 Å². The minimum Gasteiger partial charge on any atom is -0.340 e. The minimum absolute atomic E-state index is 0.102. The van der Waals surface area contributed by atoms with Gasteiger partial charge in [-0.15, -0.1) is 5.10 Å². The van der Waals surface area contributed by atoms with Crippen LogP contribution in [-0.4, -0.2) is 82.6 Å². The number of carbonyl (C=O) groups excluding carboxylic acids is 1. The van der Waals surface area contributed by atoms with Gasteiger partial charge in [0.25, 0.3) is 0 Å². The van der Waals surface area contributed by atoms with E-state index in [0.29, 0.717) is 19.6 Å². The van der Waals surface area contributed by atoms with E-state index in [1.807, 2.05) is 22.4 Å². The summed E-state index contributed by atoms with van der Waals surface area (Å²) >= 11 is 1.33. The van der Waals surface area contributed by atoms with E-state index in [0.717, 1.165) is 44.0 Å². The molecule has 1 aromatic heterocycles. The van der Waals surface area contributed by atoms with Crippen LogP contribution in [0.15, 0.2) is 29.6 Å². The normalized spacial score (nSPS) is 24.0. The smallest absolute Gasteiger partial charge is 0.236 e. The molecule has 1 aromatic carbocycles. The van der Waals surface area contributed by atoms with E-state index < -0.39 is 0 Å². The minimum atomic E-state index is -0.243. The van der Waals surface area contributed by atoms with Gasteiger partial charge in [0.2, 0.25) is 5.91 Å². The zero-order chi connectivity index (χ0) is 19.5. The number of hydrogen-bond donors (Lipinski definition) is 0. The third-order valence-corrected chi connectivity index (χ3v) is 6.52. The van der Waals surface area contributed by atoms with E-state index in [2.05, 4.69) is 26.3 Å². The molecule has 6 nitrogen and oxygen atoms in total. The first-order valence-corrected chi connectivity index (χ1v) is 10.7. The summed E-state index contributed by atoms with van der Waals surface area (Å²) in [6, 6.07) is 6.63. The lowest BCUT2D eigenvalue weighted by Gasteiger charge is -2.34. The van der Waals surface area contributed by atoms with Crippen molar-refractivity contribution in [3.05, 3.63) is 46.7 Å². The predicted octanol–water partition coefficient (Wildman–Crippen LogP) is 2.02. The maximum absolute atomic E-state index is 13.4. The van der Waals surface area contributed by atoms with Gasteiger partial charge in [-0.05, 0) is 35.8 Å². The second-order valence-electron chi connectivity index (χ2n) is 7.60. The molecule has 2 aliphatic rings. The summed E-state index contributed by atoms with van der Waals surface area (Å²) in [7, 11) is 0. The molecule has 150 valence electrons. The summed E-state index contributed by atoms with van der Waals surface area (Å²) in [5, 5.41) is 6.22. The Bertz CT molecular complexity index is 776. The molecule has 0 bridgehead atoms. The highest BCUT2D eigenvalue weighted by Gasteiger charge is 2.38. The number of aromatic nitrogens is 2. The van der Waals surface area contributed by atoms with Gasteiger partial charge in [-0.3, -0.25) is 9.69 Å². The largest absolute Gasteiger partial charge is 0.340 e. The number of piperazine rings is 1. The van der Waals surface area contributed by atoms with Crippen molar-refractivity contribution in [2.75, 3.05) is 52.4 Å². The lowest BCUT2D eigenvalue weighted by molar-refractivity contribution is -0.131. The zero-order valence-electron chi connectivity index (χ0n) is 16.1. The molecular weight excluding hydrogens is 377 g/mol. The molecule has 0 aliphatic carbocycles. The Balaban J connectivity index is 1.45. The Hall–Kier alpha value is -1.90. The second-order valence-corrected chi connectivity index (χ2v) is 8.21. The Morgan fingerprint density at radius 2 is 1.79 bits per heavy atom. The van der Waals surface area contributed by atoms with Gasteiger partial charge in [0.1, 0.15) is 5.82 Å². The van der Waals surface area contributed by atoms with E-state index >= 15 is 0 Å². The van der Waals surface area contributed by atoms with Crippen LogP contribution in [-0.2, 0) is 4.79 Å². The molecule has 0 spiro atoms. The van der Waals surface area contributed by atoms with E-state index in [9.17, 15) is 9.18 Å². The Morgan fingerprint density at radius 3 is 2.43 bits per heavy atom. The van der Waals surface area contributed by atoms with Crippen LogP contribution < -0.4 is 0 Å². The first kappa shape index (κ1) is 19.4. The van der Waals surface area contributed by atoms with Crippen LogP contribution in [0.25, 0.3) is 0 Å². The lowest BCUT2D eigenvalue weighted by Crippen LogP contribution is -2.49. The molecule has 2 aliphatic heterocycles. The van der Waals surface area contributed by atoms with Crippen LogP contribution in [0.1, 0.15) is 30.0 Å². The number of carbonyl (C=O) groups is 1. The van der Waals surface area contributed by atoms with E-state index in [1.54, 1.807) is 0 Å². The molecule has 2 saturated heterocycles. The van der Waals surface area contributed by atoms with E-state index in [1.165, 1.54) is 23.7 Å². The molecule has 0 saturated carbocycles. The van der Waals surface area contributed by atoms with Gasteiger partial charge < -0.3 is 9.80 Å². The van der Waals surface area contributed by atoms with Crippen molar-refractivity contribution in [1.29, 1.82) is 0 Å². The highest BCUT2D eigenvalue weighted by atomic mass is 32.1. The summed E-state index contributed by atoms with van der Waals surface area (Å²) in [5.41, 5.74) is 1.97. The van der Waals surface area contributed by atoms with Crippen molar-refractivity contribution in [3.8, 4) is 0 Å². The van der Waals surface area contributed by atoms with Crippen LogP contribution in [0, 0.1) is 5.82 Å². The number of likely N-dealkylation sites (N-methyl/N-ethyl adjacent to an activating group) is 1. The molecular formula is C20H26FN5OS. The summed E-state index contributed by atoms with van der Waals surface area (Å²) in [5.74, 6) is 0.144. The highest BCUT2D eigenvalue weighted by molar-refractivity contribution is 7.03. The van der Waals surface area contributed by atoms with Gasteiger partial charge in [-0.25, -0.2) is 4.39 Å². The van der Waals surface area contributed by atoms with Crippen molar-refractivity contribution in [3.63, 3.8) is 0 Å². The summed E-state index contributed by atoms with van der Waals surface area (Å²) in [4.78, 5) is 19.6. The number of nitrogens with zero attached hydrogens (tertiary/aromatic N) is 5. The second kappa shape index (κ2) is 8.63.